The Morgan fingerprint density at radius 1 is 1.32 bits per heavy atom. The zero-order valence-corrected chi connectivity index (χ0v) is 11.6. The molecule has 1 aliphatic rings. The summed E-state index contributed by atoms with van der Waals surface area (Å²) >= 11 is 0. The number of hydrogen-bond acceptors (Lipinski definition) is 5. The summed E-state index contributed by atoms with van der Waals surface area (Å²) in [7, 11) is 0. The molecule has 0 amide bonds. The number of aromatic nitrogens is 4. The summed E-state index contributed by atoms with van der Waals surface area (Å²) in [6, 6.07) is 0.442. The highest BCUT2D eigenvalue weighted by atomic mass is 15.3. The van der Waals surface area contributed by atoms with Crippen LogP contribution in [0, 0.1) is 11.8 Å². The monoisotopic (exact) mass is 260 g/mol. The minimum Gasteiger partial charge on any atom is -0.368 e. The second-order valence-corrected chi connectivity index (χ2v) is 5.72. The molecule has 0 aliphatic carbocycles. The molecule has 1 aliphatic heterocycles. The van der Waals surface area contributed by atoms with E-state index in [0.29, 0.717) is 23.5 Å². The van der Waals surface area contributed by atoms with Gasteiger partial charge in [0.05, 0.1) is 6.33 Å². The van der Waals surface area contributed by atoms with Crippen LogP contribution in [0.4, 0.5) is 11.8 Å². The van der Waals surface area contributed by atoms with E-state index in [1.54, 1.807) is 6.33 Å². The van der Waals surface area contributed by atoms with E-state index in [4.69, 9.17) is 5.73 Å². The molecule has 2 aromatic rings. The molecule has 3 N–H and O–H groups in total. The Morgan fingerprint density at radius 3 is 2.89 bits per heavy atom. The van der Waals surface area contributed by atoms with Crippen molar-refractivity contribution in [3.63, 3.8) is 0 Å². The molecule has 0 bridgehead atoms. The minimum absolute atomic E-state index is 0.285. The second-order valence-electron chi connectivity index (χ2n) is 5.72. The van der Waals surface area contributed by atoms with Crippen LogP contribution in [0.3, 0.4) is 0 Å². The number of fused-ring (bicyclic) bond motifs is 1. The third-order valence-electron chi connectivity index (χ3n) is 4.15. The molecule has 1 fully saturated rings. The lowest BCUT2D eigenvalue weighted by Crippen LogP contribution is -2.46. The lowest BCUT2D eigenvalue weighted by molar-refractivity contribution is 0.296. The predicted octanol–water partition coefficient (Wildman–Crippen LogP) is 1.81. The van der Waals surface area contributed by atoms with Gasteiger partial charge >= 0.3 is 0 Å². The van der Waals surface area contributed by atoms with Gasteiger partial charge in [0.15, 0.2) is 11.5 Å². The molecule has 0 radical (unpaired) electrons. The van der Waals surface area contributed by atoms with Crippen molar-refractivity contribution >= 4 is 22.9 Å². The van der Waals surface area contributed by atoms with Gasteiger partial charge in [-0.15, -0.1) is 0 Å². The first-order valence-corrected chi connectivity index (χ1v) is 6.79. The van der Waals surface area contributed by atoms with Gasteiger partial charge in [-0.25, -0.2) is 4.98 Å². The molecule has 0 spiro atoms. The van der Waals surface area contributed by atoms with Crippen molar-refractivity contribution in [2.45, 2.75) is 33.2 Å². The Hall–Kier alpha value is -1.85. The normalized spacial score (nSPS) is 27.9. The number of piperidine rings is 1. The van der Waals surface area contributed by atoms with Gasteiger partial charge in [-0.05, 0) is 25.2 Å². The maximum atomic E-state index is 5.80. The quantitative estimate of drug-likeness (QED) is 0.817. The van der Waals surface area contributed by atoms with Gasteiger partial charge in [-0.3, -0.25) is 0 Å². The molecular formula is C13H20N6. The van der Waals surface area contributed by atoms with Gasteiger partial charge in [-0.1, -0.05) is 13.8 Å². The highest BCUT2D eigenvalue weighted by molar-refractivity contribution is 5.84. The van der Waals surface area contributed by atoms with Crippen LogP contribution >= 0.6 is 0 Å². The SMILES string of the molecule is CC1CC(C)C(C)N(c2nc(N)nc3nc[nH]c23)C1. The van der Waals surface area contributed by atoms with E-state index in [9.17, 15) is 0 Å². The maximum Gasteiger partial charge on any atom is 0.224 e. The number of nitrogens with two attached hydrogens (primary N) is 1. The lowest BCUT2D eigenvalue weighted by atomic mass is 9.86. The van der Waals surface area contributed by atoms with Crippen molar-refractivity contribution in [2.75, 3.05) is 17.2 Å². The molecule has 102 valence electrons. The van der Waals surface area contributed by atoms with Crippen LogP contribution in [-0.2, 0) is 0 Å². The molecule has 2 aromatic heterocycles. The van der Waals surface area contributed by atoms with Crippen molar-refractivity contribution in [1.82, 2.24) is 19.9 Å². The van der Waals surface area contributed by atoms with Crippen LogP contribution < -0.4 is 10.6 Å². The summed E-state index contributed by atoms with van der Waals surface area (Å²) in [6.45, 7) is 7.82. The molecule has 6 heteroatoms. The first-order chi connectivity index (χ1) is 9.06. The van der Waals surface area contributed by atoms with Gasteiger partial charge in [0.1, 0.15) is 5.52 Å². The summed E-state index contributed by atoms with van der Waals surface area (Å²) < 4.78 is 0. The smallest absolute Gasteiger partial charge is 0.224 e. The number of hydrogen-bond donors (Lipinski definition) is 2. The molecule has 19 heavy (non-hydrogen) atoms. The van der Waals surface area contributed by atoms with Crippen molar-refractivity contribution in [2.24, 2.45) is 11.8 Å². The summed E-state index contributed by atoms with van der Waals surface area (Å²) in [6.07, 6.45) is 2.90. The Kier molecular flexibility index (Phi) is 2.80. The molecule has 3 unspecified atom stereocenters. The number of nitrogens with one attached hydrogen (secondary N) is 1. The third-order valence-corrected chi connectivity index (χ3v) is 4.15. The van der Waals surface area contributed by atoms with Gasteiger partial charge in [0, 0.05) is 12.6 Å². The molecule has 6 nitrogen and oxygen atoms in total. The van der Waals surface area contributed by atoms with E-state index in [0.717, 1.165) is 17.9 Å². The minimum atomic E-state index is 0.285. The fraction of sp³-hybridized carbons (Fsp3) is 0.615. The fourth-order valence-corrected chi connectivity index (χ4v) is 3.04. The highest BCUT2D eigenvalue weighted by Crippen LogP contribution is 2.33. The van der Waals surface area contributed by atoms with Gasteiger partial charge in [-0.2, -0.15) is 9.97 Å². The number of imidazole rings is 1. The van der Waals surface area contributed by atoms with Crippen molar-refractivity contribution in [1.29, 1.82) is 0 Å². The molecule has 0 aromatic carbocycles. The largest absolute Gasteiger partial charge is 0.368 e. The first kappa shape index (κ1) is 12.2. The summed E-state index contributed by atoms with van der Waals surface area (Å²) in [5.41, 5.74) is 7.32. The van der Waals surface area contributed by atoms with Gasteiger partial charge < -0.3 is 15.6 Å². The van der Waals surface area contributed by atoms with Crippen LogP contribution in [0.5, 0.6) is 0 Å². The van der Waals surface area contributed by atoms with Crippen LogP contribution in [0.1, 0.15) is 27.2 Å². The standard InChI is InChI=1S/C13H20N6/c1-7-4-8(2)9(3)19(5-7)12-10-11(16-6-15-10)17-13(14)18-12/h6-9H,4-5H2,1-3H3,(H3,14,15,16,17,18). The van der Waals surface area contributed by atoms with Crippen molar-refractivity contribution in [3.05, 3.63) is 6.33 Å². The van der Waals surface area contributed by atoms with E-state index in [-0.39, 0.29) is 5.95 Å². The van der Waals surface area contributed by atoms with Crippen LogP contribution in [0.2, 0.25) is 0 Å². The van der Waals surface area contributed by atoms with Crippen LogP contribution in [0.15, 0.2) is 6.33 Å². The zero-order valence-electron chi connectivity index (χ0n) is 11.6. The van der Waals surface area contributed by atoms with E-state index in [1.807, 2.05) is 0 Å². The second kappa shape index (κ2) is 4.36. The average Bonchev–Trinajstić information content (AvgIpc) is 2.80. The maximum absolute atomic E-state index is 5.80. The van der Waals surface area contributed by atoms with E-state index < -0.39 is 0 Å². The number of nitrogen functional groups attached to an aromatic ring is 1. The summed E-state index contributed by atoms with van der Waals surface area (Å²) in [4.78, 5) is 18.2. The van der Waals surface area contributed by atoms with E-state index >= 15 is 0 Å². The topological polar surface area (TPSA) is 83.7 Å². The molecular weight excluding hydrogens is 240 g/mol. The Balaban J connectivity index is 2.09. The Morgan fingerprint density at radius 2 is 2.11 bits per heavy atom. The summed E-state index contributed by atoms with van der Waals surface area (Å²) in [5, 5.41) is 0. The molecule has 3 atom stereocenters. The Labute approximate surface area is 112 Å². The third kappa shape index (κ3) is 2.01. The van der Waals surface area contributed by atoms with Crippen molar-refractivity contribution < 1.29 is 0 Å². The van der Waals surface area contributed by atoms with Gasteiger partial charge in [0.25, 0.3) is 0 Å². The first-order valence-electron chi connectivity index (χ1n) is 6.79. The Bertz CT molecular complexity index is 592. The number of H-pyrrole nitrogens is 1. The van der Waals surface area contributed by atoms with Crippen LogP contribution in [-0.4, -0.2) is 32.5 Å². The number of nitrogens with zero attached hydrogens (tertiary/aromatic N) is 4. The average molecular weight is 260 g/mol. The van der Waals surface area contributed by atoms with Crippen LogP contribution in [0.25, 0.3) is 11.2 Å². The molecule has 3 heterocycles. The van der Waals surface area contributed by atoms with E-state index in [2.05, 4.69) is 45.6 Å². The zero-order chi connectivity index (χ0) is 13.6. The highest BCUT2D eigenvalue weighted by Gasteiger charge is 2.31. The number of rotatable bonds is 1. The molecule has 1 saturated heterocycles. The molecule has 0 saturated carbocycles. The van der Waals surface area contributed by atoms with Gasteiger partial charge in [0.2, 0.25) is 5.95 Å². The fourth-order valence-electron chi connectivity index (χ4n) is 3.04. The summed E-state index contributed by atoms with van der Waals surface area (Å²) in [5.74, 6) is 2.46. The number of anilines is 2. The number of aromatic amines is 1. The lowest BCUT2D eigenvalue weighted by Gasteiger charge is -2.41. The van der Waals surface area contributed by atoms with E-state index in [1.165, 1.54) is 6.42 Å². The van der Waals surface area contributed by atoms with Crippen molar-refractivity contribution in [3.8, 4) is 0 Å². The molecule has 3 rings (SSSR count). The predicted molar refractivity (Wildman–Crippen MR) is 75.8 cm³/mol.